The average Bonchev–Trinajstić information content (AvgIpc) is 3.21. The fraction of sp³-hybridized carbons (Fsp3) is 0.538. The van der Waals surface area contributed by atoms with Crippen LogP contribution < -0.4 is 4.90 Å². The predicted octanol–water partition coefficient (Wildman–Crippen LogP) is 3.14. The van der Waals surface area contributed by atoms with Crippen molar-refractivity contribution in [2.24, 2.45) is 0 Å². The zero-order valence-corrected chi connectivity index (χ0v) is 12.0. The van der Waals surface area contributed by atoms with Crippen molar-refractivity contribution in [3.63, 3.8) is 0 Å². The van der Waals surface area contributed by atoms with Crippen molar-refractivity contribution in [1.29, 1.82) is 0 Å². The summed E-state index contributed by atoms with van der Waals surface area (Å²) in [5, 5.41) is 0. The number of anilines is 1. The van der Waals surface area contributed by atoms with Gasteiger partial charge in [-0.1, -0.05) is 18.2 Å². The van der Waals surface area contributed by atoms with Crippen LogP contribution in [0.4, 0.5) is 5.69 Å². The van der Waals surface area contributed by atoms with E-state index >= 15 is 0 Å². The smallest absolute Gasteiger partial charge is 0.335 e. The Kier molecular flexibility index (Phi) is 4.10. The van der Waals surface area contributed by atoms with Crippen LogP contribution in [0.25, 0.3) is 0 Å². The van der Waals surface area contributed by atoms with Crippen LogP contribution in [0.3, 0.4) is 0 Å². The van der Waals surface area contributed by atoms with E-state index in [1.165, 1.54) is 14.2 Å². The molecule has 5 heteroatoms. The summed E-state index contributed by atoms with van der Waals surface area (Å²) in [7, 11) is -0.0137. The van der Waals surface area contributed by atoms with E-state index < -0.39 is 7.60 Å². The lowest BCUT2D eigenvalue weighted by atomic mass is 10.3. The third-order valence-corrected chi connectivity index (χ3v) is 5.85. The van der Waals surface area contributed by atoms with Crippen molar-refractivity contribution in [2.75, 3.05) is 25.7 Å². The molecule has 1 saturated carbocycles. The minimum absolute atomic E-state index is 0.00680. The molecule has 18 heavy (non-hydrogen) atoms. The maximum Gasteiger partial charge on any atom is 0.335 e. The molecule has 0 bridgehead atoms. The number of nitrogens with zero attached hydrogens (tertiary/aromatic N) is 1. The maximum atomic E-state index is 12.3. The fourth-order valence-corrected chi connectivity index (χ4v) is 4.16. The van der Waals surface area contributed by atoms with E-state index in [2.05, 4.69) is 24.0 Å². The number of rotatable bonds is 6. The molecule has 0 N–H and O–H groups in total. The Labute approximate surface area is 108 Å². The van der Waals surface area contributed by atoms with Crippen LogP contribution in [-0.2, 0) is 13.6 Å². The summed E-state index contributed by atoms with van der Waals surface area (Å²) in [5.74, 6) is 0. The molecule has 1 aliphatic carbocycles. The molecule has 1 aromatic carbocycles. The van der Waals surface area contributed by atoms with Gasteiger partial charge in [0.05, 0.1) is 5.66 Å². The van der Waals surface area contributed by atoms with Gasteiger partial charge in [-0.2, -0.15) is 0 Å². The van der Waals surface area contributed by atoms with Crippen LogP contribution in [0.15, 0.2) is 30.3 Å². The molecule has 0 radical (unpaired) electrons. The van der Waals surface area contributed by atoms with E-state index in [9.17, 15) is 4.57 Å². The number of hydrogen-bond acceptors (Lipinski definition) is 4. The van der Waals surface area contributed by atoms with Crippen molar-refractivity contribution in [3.8, 4) is 0 Å². The Morgan fingerprint density at radius 2 is 1.89 bits per heavy atom. The standard InChI is InChI=1S/C13H20NO3P/c1-4-14(11-8-6-5-7-9-11)12-10-13(12)18(15,16-2)17-3/h5-9,12-13H,4,10H2,1-3H3/t12-,13-/m1/s1. The van der Waals surface area contributed by atoms with Crippen molar-refractivity contribution in [2.45, 2.75) is 25.0 Å². The Morgan fingerprint density at radius 1 is 1.28 bits per heavy atom. The van der Waals surface area contributed by atoms with Crippen molar-refractivity contribution >= 4 is 13.3 Å². The highest BCUT2D eigenvalue weighted by Crippen LogP contribution is 2.62. The first-order valence-electron chi connectivity index (χ1n) is 6.19. The molecule has 4 nitrogen and oxygen atoms in total. The van der Waals surface area contributed by atoms with Gasteiger partial charge in [0.1, 0.15) is 0 Å². The third kappa shape index (κ3) is 2.46. The molecule has 0 unspecified atom stereocenters. The van der Waals surface area contributed by atoms with E-state index in [0.717, 1.165) is 18.7 Å². The largest absolute Gasteiger partial charge is 0.368 e. The second-order valence-corrected chi connectivity index (χ2v) is 6.87. The van der Waals surface area contributed by atoms with Gasteiger partial charge < -0.3 is 13.9 Å². The molecular formula is C13H20NO3P. The van der Waals surface area contributed by atoms with Gasteiger partial charge in [0, 0.05) is 32.5 Å². The summed E-state index contributed by atoms with van der Waals surface area (Å²) in [6.45, 7) is 2.99. The van der Waals surface area contributed by atoms with Crippen LogP contribution >= 0.6 is 7.60 Å². The third-order valence-electron chi connectivity index (χ3n) is 3.47. The van der Waals surface area contributed by atoms with Crippen molar-refractivity contribution in [3.05, 3.63) is 30.3 Å². The summed E-state index contributed by atoms with van der Waals surface area (Å²) >= 11 is 0. The van der Waals surface area contributed by atoms with E-state index in [1.54, 1.807) is 0 Å². The molecule has 0 amide bonds. The highest BCUT2D eigenvalue weighted by molar-refractivity contribution is 7.55. The van der Waals surface area contributed by atoms with Crippen molar-refractivity contribution < 1.29 is 13.6 Å². The van der Waals surface area contributed by atoms with Crippen LogP contribution in [0.1, 0.15) is 13.3 Å². The summed E-state index contributed by atoms with van der Waals surface area (Å²) in [6, 6.07) is 10.4. The second kappa shape index (κ2) is 5.43. The zero-order valence-electron chi connectivity index (χ0n) is 11.1. The quantitative estimate of drug-likeness (QED) is 0.744. The first-order valence-corrected chi connectivity index (χ1v) is 7.80. The van der Waals surface area contributed by atoms with Crippen LogP contribution in [0, 0.1) is 0 Å². The van der Waals surface area contributed by atoms with Crippen molar-refractivity contribution in [1.82, 2.24) is 0 Å². The Balaban J connectivity index is 2.12. The zero-order chi connectivity index (χ0) is 13.2. The summed E-state index contributed by atoms with van der Waals surface area (Å²) in [6.07, 6.45) is 0.863. The molecule has 0 spiro atoms. The normalized spacial score (nSPS) is 22.8. The second-order valence-electron chi connectivity index (χ2n) is 4.40. The predicted molar refractivity (Wildman–Crippen MR) is 73.3 cm³/mol. The number of hydrogen-bond donors (Lipinski definition) is 0. The molecule has 2 rings (SSSR count). The average molecular weight is 269 g/mol. The number of benzene rings is 1. The summed E-state index contributed by atoms with van der Waals surface area (Å²) < 4.78 is 22.5. The van der Waals surface area contributed by atoms with Gasteiger partial charge in [0.15, 0.2) is 0 Å². The SMILES string of the molecule is CCN(c1ccccc1)[C@@H]1C[C@H]1P(=O)(OC)OC. The van der Waals surface area contributed by atoms with E-state index in [0.29, 0.717) is 0 Å². The van der Waals surface area contributed by atoms with Gasteiger partial charge in [-0.25, -0.2) is 0 Å². The van der Waals surface area contributed by atoms with Crippen LogP contribution in [0.5, 0.6) is 0 Å². The molecule has 0 aliphatic heterocycles. The molecule has 0 aromatic heterocycles. The molecule has 0 heterocycles. The van der Waals surface area contributed by atoms with E-state index in [-0.39, 0.29) is 11.7 Å². The lowest BCUT2D eigenvalue weighted by Crippen LogP contribution is -2.27. The minimum atomic E-state index is -2.93. The highest BCUT2D eigenvalue weighted by Gasteiger charge is 2.54. The Morgan fingerprint density at radius 3 is 2.39 bits per heavy atom. The molecular weight excluding hydrogens is 249 g/mol. The van der Waals surface area contributed by atoms with Crippen LogP contribution in [-0.4, -0.2) is 32.5 Å². The summed E-state index contributed by atoms with van der Waals surface area (Å²) in [4.78, 5) is 2.26. The molecule has 1 fully saturated rings. The molecule has 1 aromatic rings. The monoisotopic (exact) mass is 269 g/mol. The van der Waals surface area contributed by atoms with E-state index in [1.807, 2.05) is 18.2 Å². The van der Waals surface area contributed by atoms with E-state index in [4.69, 9.17) is 9.05 Å². The minimum Gasteiger partial charge on any atom is -0.368 e. The van der Waals surface area contributed by atoms with Gasteiger partial charge in [0.2, 0.25) is 0 Å². The molecule has 2 atom stereocenters. The van der Waals surface area contributed by atoms with Crippen LogP contribution in [0.2, 0.25) is 0 Å². The first kappa shape index (κ1) is 13.6. The Hall–Kier alpha value is -0.830. The Bertz CT molecular complexity index is 429. The van der Waals surface area contributed by atoms with Gasteiger partial charge in [-0.05, 0) is 25.5 Å². The molecule has 0 saturated heterocycles. The van der Waals surface area contributed by atoms with Gasteiger partial charge in [-0.3, -0.25) is 4.57 Å². The lowest BCUT2D eigenvalue weighted by molar-refractivity contribution is 0.274. The fourth-order valence-electron chi connectivity index (χ4n) is 2.42. The summed E-state index contributed by atoms with van der Waals surface area (Å²) in [5.41, 5.74) is 1.15. The van der Waals surface area contributed by atoms with Gasteiger partial charge in [0.25, 0.3) is 0 Å². The first-order chi connectivity index (χ1) is 8.66. The highest BCUT2D eigenvalue weighted by atomic mass is 31.2. The topological polar surface area (TPSA) is 38.8 Å². The lowest BCUT2D eigenvalue weighted by Gasteiger charge is -2.24. The van der Waals surface area contributed by atoms with Gasteiger partial charge in [-0.15, -0.1) is 0 Å². The number of para-hydroxylation sites is 1. The molecule has 100 valence electrons. The molecule has 1 aliphatic rings. The maximum absolute atomic E-state index is 12.3. The van der Waals surface area contributed by atoms with Gasteiger partial charge >= 0.3 is 7.60 Å².